The third-order valence-corrected chi connectivity index (χ3v) is 4.94. The maximum atomic E-state index is 12.1. The molecule has 1 saturated heterocycles. The Morgan fingerprint density at radius 1 is 1.25 bits per heavy atom. The van der Waals surface area contributed by atoms with Crippen molar-refractivity contribution in [2.24, 2.45) is 0 Å². The van der Waals surface area contributed by atoms with Crippen LogP contribution >= 0.6 is 0 Å². The molecule has 1 aromatic carbocycles. The SMILES string of the molecule is CCN1c2cc(NC(C)=O)ccc2OC(CC(=O)O)C1CN1C(=O)CCC1=O. The molecule has 0 aliphatic carbocycles. The first-order valence-electron chi connectivity index (χ1n) is 9.20. The van der Waals surface area contributed by atoms with Crippen LogP contribution in [-0.4, -0.2) is 58.9 Å². The van der Waals surface area contributed by atoms with E-state index in [0.717, 1.165) is 0 Å². The standard InChI is InChI=1S/C19H23N3O6/c1-3-21-13-8-12(20-11(2)23)4-5-15(13)28-16(9-19(26)27)14(21)10-22-17(24)6-7-18(22)25/h4-5,8,14,16H,3,6-7,9-10H2,1-2H3,(H,20,23)(H,26,27). The molecule has 28 heavy (non-hydrogen) atoms. The average molecular weight is 389 g/mol. The number of hydrogen-bond donors (Lipinski definition) is 2. The molecule has 1 aromatic rings. The molecule has 3 rings (SSSR count). The number of anilines is 2. The minimum atomic E-state index is -1.02. The van der Waals surface area contributed by atoms with Crippen LogP contribution in [0.15, 0.2) is 18.2 Å². The summed E-state index contributed by atoms with van der Waals surface area (Å²) in [6.07, 6.45) is -0.640. The molecule has 150 valence electrons. The Balaban J connectivity index is 1.97. The largest absolute Gasteiger partial charge is 0.485 e. The number of aliphatic carboxylic acids is 1. The van der Waals surface area contributed by atoms with Gasteiger partial charge in [0.15, 0.2) is 0 Å². The summed E-state index contributed by atoms with van der Waals surface area (Å²) in [7, 11) is 0. The van der Waals surface area contributed by atoms with Gasteiger partial charge in [-0.3, -0.25) is 24.1 Å². The number of carbonyl (C=O) groups is 4. The van der Waals surface area contributed by atoms with Crippen LogP contribution in [0.3, 0.4) is 0 Å². The van der Waals surface area contributed by atoms with E-state index in [1.165, 1.54) is 11.8 Å². The Hall–Kier alpha value is -3.10. The van der Waals surface area contributed by atoms with E-state index in [2.05, 4.69) is 5.32 Å². The number of likely N-dealkylation sites (tertiary alicyclic amines) is 1. The van der Waals surface area contributed by atoms with Gasteiger partial charge >= 0.3 is 5.97 Å². The summed E-state index contributed by atoms with van der Waals surface area (Å²) in [5, 5.41) is 12.0. The number of nitrogens with zero attached hydrogens (tertiary/aromatic N) is 2. The number of benzene rings is 1. The first kappa shape index (κ1) is 19.7. The Labute approximate surface area is 162 Å². The van der Waals surface area contributed by atoms with Gasteiger partial charge in [-0.25, -0.2) is 0 Å². The second-order valence-electron chi connectivity index (χ2n) is 6.87. The quantitative estimate of drug-likeness (QED) is 0.703. The summed E-state index contributed by atoms with van der Waals surface area (Å²) in [5.74, 6) is -1.25. The monoisotopic (exact) mass is 389 g/mol. The van der Waals surface area contributed by atoms with E-state index >= 15 is 0 Å². The molecule has 2 aliphatic heterocycles. The molecule has 2 N–H and O–H groups in total. The third-order valence-electron chi connectivity index (χ3n) is 4.94. The van der Waals surface area contributed by atoms with Crippen molar-refractivity contribution < 1.29 is 29.0 Å². The van der Waals surface area contributed by atoms with Crippen LogP contribution < -0.4 is 15.0 Å². The zero-order valence-corrected chi connectivity index (χ0v) is 15.8. The Morgan fingerprint density at radius 3 is 2.50 bits per heavy atom. The molecule has 3 amide bonds. The number of carboxylic acid groups (broad SMARTS) is 1. The molecule has 2 atom stereocenters. The van der Waals surface area contributed by atoms with Crippen LogP contribution in [0.2, 0.25) is 0 Å². The molecule has 2 aliphatic rings. The van der Waals surface area contributed by atoms with Crippen molar-refractivity contribution in [2.75, 3.05) is 23.3 Å². The Kier molecular flexibility index (Phi) is 5.53. The number of ether oxygens (including phenoxy) is 1. The van der Waals surface area contributed by atoms with Crippen LogP contribution in [0.25, 0.3) is 0 Å². The summed E-state index contributed by atoms with van der Waals surface area (Å²) in [4.78, 5) is 50.0. The van der Waals surface area contributed by atoms with Crippen LogP contribution in [-0.2, 0) is 19.2 Å². The summed E-state index contributed by atoms with van der Waals surface area (Å²) in [5.41, 5.74) is 1.26. The van der Waals surface area contributed by atoms with Gasteiger partial charge in [0, 0.05) is 32.0 Å². The molecular weight excluding hydrogens is 366 g/mol. The summed E-state index contributed by atoms with van der Waals surface area (Å²) in [6, 6.07) is 4.60. The molecule has 1 fully saturated rings. The predicted octanol–water partition coefficient (Wildman–Crippen LogP) is 1.22. The second kappa shape index (κ2) is 7.87. The molecule has 2 heterocycles. The highest BCUT2D eigenvalue weighted by Gasteiger charge is 2.41. The van der Waals surface area contributed by atoms with E-state index in [1.54, 1.807) is 18.2 Å². The number of rotatable bonds is 6. The molecule has 0 aromatic heterocycles. The van der Waals surface area contributed by atoms with Crippen LogP contribution in [0.5, 0.6) is 5.75 Å². The number of nitrogens with one attached hydrogen (secondary N) is 1. The van der Waals surface area contributed by atoms with Crippen LogP contribution in [0.1, 0.15) is 33.1 Å². The highest BCUT2D eigenvalue weighted by atomic mass is 16.5. The number of fused-ring (bicyclic) bond motifs is 1. The van der Waals surface area contributed by atoms with Crippen molar-refractivity contribution in [3.05, 3.63) is 18.2 Å². The van der Waals surface area contributed by atoms with E-state index < -0.39 is 18.1 Å². The normalized spacial score (nSPS) is 21.4. The van der Waals surface area contributed by atoms with Gasteiger partial charge in [-0.2, -0.15) is 0 Å². The molecule has 0 radical (unpaired) electrons. The minimum absolute atomic E-state index is 0.0628. The average Bonchev–Trinajstić information content (AvgIpc) is 2.93. The Morgan fingerprint density at radius 2 is 1.93 bits per heavy atom. The lowest BCUT2D eigenvalue weighted by molar-refractivity contribution is -0.139. The fourth-order valence-electron chi connectivity index (χ4n) is 3.73. The van der Waals surface area contributed by atoms with E-state index in [0.29, 0.717) is 23.7 Å². The topological polar surface area (TPSA) is 116 Å². The van der Waals surface area contributed by atoms with Crippen molar-refractivity contribution in [3.8, 4) is 5.75 Å². The number of imide groups is 1. The zero-order valence-electron chi connectivity index (χ0n) is 15.8. The van der Waals surface area contributed by atoms with Crippen molar-refractivity contribution in [3.63, 3.8) is 0 Å². The molecule has 2 unspecified atom stereocenters. The minimum Gasteiger partial charge on any atom is -0.485 e. The van der Waals surface area contributed by atoms with Gasteiger partial charge in [-0.1, -0.05) is 0 Å². The molecule has 9 heteroatoms. The molecule has 0 bridgehead atoms. The molecule has 9 nitrogen and oxygen atoms in total. The maximum Gasteiger partial charge on any atom is 0.307 e. The second-order valence-corrected chi connectivity index (χ2v) is 6.87. The van der Waals surface area contributed by atoms with Crippen molar-refractivity contribution in [1.82, 2.24) is 4.90 Å². The van der Waals surface area contributed by atoms with E-state index in [4.69, 9.17) is 4.74 Å². The number of amides is 3. The smallest absolute Gasteiger partial charge is 0.307 e. The lowest BCUT2D eigenvalue weighted by Gasteiger charge is -2.44. The van der Waals surface area contributed by atoms with E-state index in [-0.39, 0.29) is 43.5 Å². The van der Waals surface area contributed by atoms with Crippen molar-refractivity contribution in [2.45, 2.75) is 45.3 Å². The van der Waals surface area contributed by atoms with Gasteiger partial charge < -0.3 is 20.1 Å². The Bertz CT molecular complexity index is 808. The first-order chi connectivity index (χ1) is 13.3. The third kappa shape index (κ3) is 3.92. The van der Waals surface area contributed by atoms with Gasteiger partial charge in [0.05, 0.1) is 24.7 Å². The summed E-state index contributed by atoms with van der Waals surface area (Å²) in [6.45, 7) is 3.88. The maximum absolute atomic E-state index is 12.1. The number of hydrogen-bond acceptors (Lipinski definition) is 6. The van der Waals surface area contributed by atoms with Gasteiger partial charge in [-0.05, 0) is 25.1 Å². The number of likely N-dealkylation sites (N-methyl/N-ethyl adjacent to an activating group) is 1. The lowest BCUT2D eigenvalue weighted by Crippen LogP contribution is -2.56. The van der Waals surface area contributed by atoms with E-state index in [9.17, 15) is 24.3 Å². The lowest BCUT2D eigenvalue weighted by atomic mass is 10.0. The molecule has 0 spiro atoms. The van der Waals surface area contributed by atoms with Crippen LogP contribution in [0, 0.1) is 0 Å². The molecule has 0 saturated carbocycles. The molecular formula is C19H23N3O6. The van der Waals surface area contributed by atoms with Crippen molar-refractivity contribution in [1.29, 1.82) is 0 Å². The predicted molar refractivity (Wildman–Crippen MR) is 100 cm³/mol. The fraction of sp³-hybridized carbons (Fsp3) is 0.474. The highest BCUT2D eigenvalue weighted by molar-refractivity contribution is 6.02. The zero-order chi connectivity index (χ0) is 20.4. The highest BCUT2D eigenvalue weighted by Crippen LogP contribution is 2.39. The number of carboxylic acids is 1. The summed E-state index contributed by atoms with van der Waals surface area (Å²) < 4.78 is 5.94. The van der Waals surface area contributed by atoms with Gasteiger partial charge in [0.25, 0.3) is 0 Å². The van der Waals surface area contributed by atoms with Gasteiger partial charge in [0.1, 0.15) is 11.9 Å². The first-order valence-corrected chi connectivity index (χ1v) is 9.20. The van der Waals surface area contributed by atoms with E-state index in [1.807, 2.05) is 11.8 Å². The fourth-order valence-corrected chi connectivity index (χ4v) is 3.73. The van der Waals surface area contributed by atoms with Crippen molar-refractivity contribution >= 4 is 35.1 Å². The van der Waals surface area contributed by atoms with Crippen LogP contribution in [0.4, 0.5) is 11.4 Å². The summed E-state index contributed by atoms with van der Waals surface area (Å²) >= 11 is 0. The number of carbonyl (C=O) groups excluding carboxylic acids is 3. The van der Waals surface area contributed by atoms with Gasteiger partial charge in [0.2, 0.25) is 17.7 Å². The van der Waals surface area contributed by atoms with Gasteiger partial charge in [-0.15, -0.1) is 0 Å².